The average Bonchev–Trinajstić information content (AvgIpc) is 2.56. The summed E-state index contributed by atoms with van der Waals surface area (Å²) in [6.45, 7) is 5.04. The summed E-state index contributed by atoms with van der Waals surface area (Å²) in [5.41, 5.74) is 0. The molecular formula is C9H20N2O2S. The molecule has 0 spiro atoms. The number of hydrogen-bond donors (Lipinski definition) is 1. The van der Waals surface area contributed by atoms with Crippen LogP contribution < -0.4 is 5.32 Å². The highest BCUT2D eigenvalue weighted by Crippen LogP contribution is 2.11. The van der Waals surface area contributed by atoms with Crippen LogP contribution >= 0.6 is 0 Å². The van der Waals surface area contributed by atoms with Gasteiger partial charge >= 0.3 is 0 Å². The zero-order chi connectivity index (χ0) is 10.8. The second kappa shape index (κ2) is 4.59. The molecule has 0 aromatic heterocycles. The molecule has 1 aliphatic heterocycles. The zero-order valence-corrected chi connectivity index (χ0v) is 9.97. The summed E-state index contributed by atoms with van der Waals surface area (Å²) in [7, 11) is -1.41. The summed E-state index contributed by atoms with van der Waals surface area (Å²) in [4.78, 5) is 0. The molecule has 84 valence electrons. The molecule has 14 heavy (non-hydrogen) atoms. The van der Waals surface area contributed by atoms with E-state index in [-0.39, 0.29) is 5.25 Å². The second-order valence-electron chi connectivity index (χ2n) is 4.17. The summed E-state index contributed by atoms with van der Waals surface area (Å²) in [5, 5.41) is 2.97. The van der Waals surface area contributed by atoms with E-state index in [0.717, 1.165) is 19.4 Å². The van der Waals surface area contributed by atoms with Gasteiger partial charge in [-0.15, -0.1) is 0 Å². The predicted octanol–water partition coefficient (Wildman–Crippen LogP) is 0.408. The number of nitrogens with one attached hydrogen (secondary N) is 1. The van der Waals surface area contributed by atoms with Gasteiger partial charge in [0.2, 0.25) is 10.0 Å². The quantitative estimate of drug-likeness (QED) is 0.746. The molecule has 1 rings (SSSR count). The van der Waals surface area contributed by atoms with E-state index in [1.807, 2.05) is 0 Å². The van der Waals surface area contributed by atoms with Crippen LogP contribution in [0.5, 0.6) is 0 Å². The van der Waals surface area contributed by atoms with Crippen LogP contribution in [-0.4, -0.2) is 44.2 Å². The monoisotopic (exact) mass is 220 g/mol. The minimum atomic E-state index is -3.07. The maximum atomic E-state index is 11.7. The molecule has 1 aliphatic rings. The Balaban J connectivity index is 2.52. The van der Waals surface area contributed by atoms with Gasteiger partial charge in [-0.25, -0.2) is 12.7 Å². The molecule has 0 radical (unpaired) electrons. The molecule has 0 aromatic carbocycles. The Morgan fingerprint density at radius 3 is 2.57 bits per heavy atom. The number of likely N-dealkylation sites (N-methyl/N-ethyl adjacent to an activating group) is 1. The number of rotatable bonds is 4. The summed E-state index contributed by atoms with van der Waals surface area (Å²) in [6, 6.07) is 0.341. The van der Waals surface area contributed by atoms with E-state index < -0.39 is 10.0 Å². The van der Waals surface area contributed by atoms with Crippen molar-refractivity contribution in [3.8, 4) is 0 Å². The average molecular weight is 220 g/mol. The molecule has 0 saturated carbocycles. The Kier molecular flexibility index (Phi) is 3.92. The van der Waals surface area contributed by atoms with Gasteiger partial charge in [-0.1, -0.05) is 0 Å². The second-order valence-corrected chi connectivity index (χ2v) is 6.76. The van der Waals surface area contributed by atoms with Crippen molar-refractivity contribution in [1.82, 2.24) is 9.62 Å². The van der Waals surface area contributed by atoms with Gasteiger partial charge in [0.25, 0.3) is 0 Å². The molecule has 1 unspecified atom stereocenters. The van der Waals surface area contributed by atoms with E-state index in [1.165, 1.54) is 4.31 Å². The van der Waals surface area contributed by atoms with E-state index in [0.29, 0.717) is 12.6 Å². The summed E-state index contributed by atoms with van der Waals surface area (Å²) >= 11 is 0. The summed E-state index contributed by atoms with van der Waals surface area (Å²) in [6.07, 6.45) is 2.23. The van der Waals surface area contributed by atoms with Gasteiger partial charge in [-0.05, 0) is 33.2 Å². The molecule has 5 heteroatoms. The van der Waals surface area contributed by atoms with Crippen LogP contribution in [-0.2, 0) is 10.0 Å². The zero-order valence-electron chi connectivity index (χ0n) is 9.16. The van der Waals surface area contributed by atoms with Gasteiger partial charge in [0, 0.05) is 19.6 Å². The lowest BCUT2D eigenvalue weighted by Crippen LogP contribution is -2.41. The molecule has 0 aliphatic carbocycles. The van der Waals surface area contributed by atoms with Crippen molar-refractivity contribution in [1.29, 1.82) is 0 Å². The number of hydrogen-bond acceptors (Lipinski definition) is 3. The molecule has 1 heterocycles. The first-order chi connectivity index (χ1) is 6.44. The molecular weight excluding hydrogens is 200 g/mol. The van der Waals surface area contributed by atoms with E-state index in [9.17, 15) is 8.42 Å². The Morgan fingerprint density at radius 2 is 2.14 bits per heavy atom. The van der Waals surface area contributed by atoms with Gasteiger partial charge in [-0.2, -0.15) is 0 Å². The molecule has 1 fully saturated rings. The van der Waals surface area contributed by atoms with E-state index >= 15 is 0 Å². The lowest BCUT2D eigenvalue weighted by Gasteiger charge is -2.22. The first-order valence-electron chi connectivity index (χ1n) is 5.13. The van der Waals surface area contributed by atoms with Crippen LogP contribution in [0.4, 0.5) is 0 Å². The lowest BCUT2D eigenvalue weighted by atomic mass is 10.2. The van der Waals surface area contributed by atoms with E-state index in [4.69, 9.17) is 0 Å². The van der Waals surface area contributed by atoms with Crippen LogP contribution in [0.1, 0.15) is 26.7 Å². The van der Waals surface area contributed by atoms with Crippen molar-refractivity contribution in [2.45, 2.75) is 38.0 Å². The Bertz CT molecular complexity index is 269. The Hall–Kier alpha value is -0.130. The SMILES string of the molecule is CC(C)S(=O)(=O)N(C)CC1CCCN1. The maximum absolute atomic E-state index is 11.7. The van der Waals surface area contributed by atoms with E-state index in [1.54, 1.807) is 20.9 Å². The van der Waals surface area contributed by atoms with Crippen LogP contribution in [0.2, 0.25) is 0 Å². The highest BCUT2D eigenvalue weighted by Gasteiger charge is 2.25. The van der Waals surface area contributed by atoms with Crippen LogP contribution in [0.15, 0.2) is 0 Å². The molecule has 0 aromatic rings. The molecule has 1 saturated heterocycles. The summed E-state index contributed by atoms with van der Waals surface area (Å²) in [5.74, 6) is 0. The highest BCUT2D eigenvalue weighted by atomic mass is 32.2. The minimum Gasteiger partial charge on any atom is -0.313 e. The van der Waals surface area contributed by atoms with Crippen LogP contribution in [0.3, 0.4) is 0 Å². The van der Waals surface area contributed by atoms with Crippen LogP contribution in [0.25, 0.3) is 0 Å². The van der Waals surface area contributed by atoms with Crippen molar-refractivity contribution in [2.24, 2.45) is 0 Å². The molecule has 0 amide bonds. The van der Waals surface area contributed by atoms with Crippen molar-refractivity contribution in [3.05, 3.63) is 0 Å². The van der Waals surface area contributed by atoms with Crippen molar-refractivity contribution in [2.75, 3.05) is 20.1 Å². The fourth-order valence-electron chi connectivity index (χ4n) is 1.69. The van der Waals surface area contributed by atoms with Crippen LogP contribution in [0, 0.1) is 0 Å². The highest BCUT2D eigenvalue weighted by molar-refractivity contribution is 7.89. The third kappa shape index (κ3) is 2.68. The molecule has 1 atom stereocenters. The number of sulfonamides is 1. The molecule has 0 bridgehead atoms. The fraction of sp³-hybridized carbons (Fsp3) is 1.00. The van der Waals surface area contributed by atoms with Gasteiger partial charge in [0.1, 0.15) is 0 Å². The third-order valence-corrected chi connectivity index (χ3v) is 4.88. The van der Waals surface area contributed by atoms with Gasteiger partial charge in [0.05, 0.1) is 5.25 Å². The topological polar surface area (TPSA) is 49.4 Å². The number of nitrogens with zero attached hydrogens (tertiary/aromatic N) is 1. The van der Waals surface area contributed by atoms with Crippen molar-refractivity contribution in [3.63, 3.8) is 0 Å². The van der Waals surface area contributed by atoms with Crippen molar-refractivity contribution >= 4 is 10.0 Å². The first kappa shape index (κ1) is 11.9. The van der Waals surface area contributed by atoms with E-state index in [2.05, 4.69) is 5.32 Å². The maximum Gasteiger partial charge on any atom is 0.216 e. The standard InChI is InChI=1S/C9H20N2O2S/c1-8(2)14(12,13)11(3)7-9-5-4-6-10-9/h8-10H,4-7H2,1-3H3. The van der Waals surface area contributed by atoms with Gasteiger partial charge < -0.3 is 5.32 Å². The minimum absolute atomic E-state index is 0.325. The predicted molar refractivity (Wildman–Crippen MR) is 57.7 cm³/mol. The fourth-order valence-corrected chi connectivity index (χ4v) is 2.79. The molecule has 4 nitrogen and oxygen atoms in total. The normalized spacial score (nSPS) is 23.6. The summed E-state index contributed by atoms with van der Waals surface area (Å²) < 4.78 is 24.9. The lowest BCUT2D eigenvalue weighted by molar-refractivity contribution is 0.413. The van der Waals surface area contributed by atoms with Gasteiger partial charge in [0.15, 0.2) is 0 Å². The first-order valence-corrected chi connectivity index (χ1v) is 6.63. The van der Waals surface area contributed by atoms with Crippen molar-refractivity contribution < 1.29 is 8.42 Å². The van der Waals surface area contributed by atoms with Gasteiger partial charge in [-0.3, -0.25) is 0 Å². The smallest absolute Gasteiger partial charge is 0.216 e. The Morgan fingerprint density at radius 1 is 1.50 bits per heavy atom. The third-order valence-electron chi connectivity index (χ3n) is 2.67. The Labute approximate surface area is 86.7 Å². The molecule has 1 N–H and O–H groups in total. The largest absolute Gasteiger partial charge is 0.313 e.